The molecule has 0 unspecified atom stereocenters. The lowest BCUT2D eigenvalue weighted by atomic mass is 10.2. The van der Waals surface area contributed by atoms with Crippen LogP contribution in [0.4, 0.5) is 5.69 Å². The van der Waals surface area contributed by atoms with E-state index in [1.165, 1.54) is 0 Å². The van der Waals surface area contributed by atoms with E-state index in [4.69, 9.17) is 15.2 Å². The first-order valence-electron chi connectivity index (χ1n) is 6.08. The van der Waals surface area contributed by atoms with Crippen molar-refractivity contribution in [1.82, 2.24) is 0 Å². The first-order valence-corrected chi connectivity index (χ1v) is 6.88. The van der Waals surface area contributed by atoms with Crippen LogP contribution in [0.3, 0.4) is 0 Å². The first-order chi connectivity index (χ1) is 9.19. The molecule has 2 aromatic carbocycles. The van der Waals surface area contributed by atoms with Gasteiger partial charge in [-0.3, -0.25) is 0 Å². The second-order valence-electron chi connectivity index (χ2n) is 4.04. The third-order valence-corrected chi connectivity index (χ3v) is 3.13. The fourth-order valence-corrected chi connectivity index (χ4v) is 2.04. The van der Waals surface area contributed by atoms with Gasteiger partial charge in [0.15, 0.2) is 0 Å². The molecule has 0 amide bonds. The summed E-state index contributed by atoms with van der Waals surface area (Å²) in [6.07, 6.45) is 0. The van der Waals surface area contributed by atoms with Gasteiger partial charge in [-0.25, -0.2) is 0 Å². The normalized spacial score (nSPS) is 10.2. The van der Waals surface area contributed by atoms with Gasteiger partial charge in [-0.15, -0.1) is 0 Å². The molecule has 0 aliphatic heterocycles. The second kappa shape index (κ2) is 6.48. The molecule has 0 fully saturated rings. The molecule has 0 bridgehead atoms. The number of halogens is 1. The van der Waals surface area contributed by atoms with Crippen LogP contribution in [0.15, 0.2) is 46.9 Å². The summed E-state index contributed by atoms with van der Waals surface area (Å²) in [5.74, 6) is 1.64. The van der Waals surface area contributed by atoms with Gasteiger partial charge in [-0.1, -0.05) is 22.0 Å². The number of nitrogens with two attached hydrogens (primary N) is 1. The Bertz CT molecular complexity index is 540. The molecule has 0 saturated carbocycles. The average Bonchev–Trinajstić information content (AvgIpc) is 2.40. The number of anilines is 1. The molecule has 0 atom stereocenters. The molecule has 0 spiro atoms. The highest BCUT2D eigenvalue weighted by Crippen LogP contribution is 2.22. The lowest BCUT2D eigenvalue weighted by Crippen LogP contribution is -2.00. The molecule has 0 heterocycles. The van der Waals surface area contributed by atoms with Crippen LogP contribution in [-0.4, -0.2) is 6.61 Å². The quantitative estimate of drug-likeness (QED) is 0.846. The molecular formula is C15H16BrNO2. The minimum absolute atomic E-state index is 0.451. The Kier molecular flexibility index (Phi) is 4.68. The van der Waals surface area contributed by atoms with Crippen LogP contribution in [-0.2, 0) is 6.61 Å². The monoisotopic (exact) mass is 321 g/mol. The van der Waals surface area contributed by atoms with E-state index in [0.29, 0.717) is 13.2 Å². The summed E-state index contributed by atoms with van der Waals surface area (Å²) in [4.78, 5) is 0. The van der Waals surface area contributed by atoms with E-state index in [9.17, 15) is 0 Å². The zero-order valence-electron chi connectivity index (χ0n) is 10.7. The molecule has 0 aliphatic carbocycles. The van der Waals surface area contributed by atoms with Crippen LogP contribution in [0.2, 0.25) is 0 Å². The van der Waals surface area contributed by atoms with Crippen molar-refractivity contribution in [2.45, 2.75) is 13.5 Å². The number of nitrogen functional groups attached to an aromatic ring is 1. The Morgan fingerprint density at radius 3 is 2.21 bits per heavy atom. The van der Waals surface area contributed by atoms with E-state index < -0.39 is 0 Å². The maximum absolute atomic E-state index is 5.92. The molecule has 19 heavy (non-hydrogen) atoms. The van der Waals surface area contributed by atoms with Crippen LogP contribution in [0, 0.1) is 0 Å². The maximum Gasteiger partial charge on any atom is 0.120 e. The zero-order chi connectivity index (χ0) is 13.7. The minimum Gasteiger partial charge on any atom is -0.494 e. The third-order valence-electron chi connectivity index (χ3n) is 2.64. The third kappa shape index (κ3) is 3.89. The van der Waals surface area contributed by atoms with Gasteiger partial charge in [0, 0.05) is 15.7 Å². The summed E-state index contributed by atoms with van der Waals surface area (Å²) < 4.78 is 12.0. The molecule has 100 valence electrons. The fraction of sp³-hybridized carbons (Fsp3) is 0.200. The van der Waals surface area contributed by atoms with Gasteiger partial charge in [0.25, 0.3) is 0 Å². The number of hydrogen-bond acceptors (Lipinski definition) is 3. The van der Waals surface area contributed by atoms with Gasteiger partial charge in [0.05, 0.1) is 6.61 Å². The van der Waals surface area contributed by atoms with Crippen molar-refractivity contribution in [3.63, 3.8) is 0 Å². The number of hydrogen-bond donors (Lipinski definition) is 1. The highest BCUT2D eigenvalue weighted by atomic mass is 79.9. The van der Waals surface area contributed by atoms with Gasteiger partial charge in [0.2, 0.25) is 0 Å². The Morgan fingerprint density at radius 2 is 1.63 bits per heavy atom. The summed E-state index contributed by atoms with van der Waals surface area (Å²) in [7, 11) is 0. The van der Waals surface area contributed by atoms with Crippen LogP contribution in [0.25, 0.3) is 0 Å². The smallest absolute Gasteiger partial charge is 0.120 e. The van der Waals surface area contributed by atoms with Crippen molar-refractivity contribution in [2.24, 2.45) is 0 Å². The molecular weight excluding hydrogens is 306 g/mol. The van der Waals surface area contributed by atoms with Crippen molar-refractivity contribution in [1.29, 1.82) is 0 Å². The Labute approximate surface area is 121 Å². The van der Waals surface area contributed by atoms with Gasteiger partial charge in [-0.2, -0.15) is 0 Å². The van der Waals surface area contributed by atoms with Crippen LogP contribution in [0.5, 0.6) is 11.5 Å². The van der Waals surface area contributed by atoms with Crippen molar-refractivity contribution in [2.75, 3.05) is 12.3 Å². The van der Waals surface area contributed by atoms with Gasteiger partial charge in [-0.05, 0) is 43.3 Å². The van der Waals surface area contributed by atoms with Gasteiger partial charge >= 0.3 is 0 Å². The first kappa shape index (κ1) is 13.7. The predicted molar refractivity (Wildman–Crippen MR) is 80.5 cm³/mol. The summed E-state index contributed by atoms with van der Waals surface area (Å²) in [5.41, 5.74) is 7.61. The van der Waals surface area contributed by atoms with E-state index in [0.717, 1.165) is 27.2 Å². The summed E-state index contributed by atoms with van der Waals surface area (Å²) in [6.45, 7) is 3.07. The molecule has 0 radical (unpaired) electrons. The van der Waals surface area contributed by atoms with Crippen LogP contribution >= 0.6 is 15.9 Å². The average molecular weight is 322 g/mol. The van der Waals surface area contributed by atoms with Crippen LogP contribution < -0.4 is 15.2 Å². The summed E-state index contributed by atoms with van der Waals surface area (Å²) >= 11 is 3.38. The largest absolute Gasteiger partial charge is 0.494 e. The van der Waals surface area contributed by atoms with E-state index in [2.05, 4.69) is 15.9 Å². The Balaban J connectivity index is 1.98. The molecule has 2 rings (SSSR count). The molecule has 0 saturated heterocycles. The van der Waals surface area contributed by atoms with Crippen molar-refractivity contribution in [3.8, 4) is 11.5 Å². The topological polar surface area (TPSA) is 44.5 Å². The maximum atomic E-state index is 5.92. The van der Waals surface area contributed by atoms with E-state index in [1.807, 2.05) is 49.4 Å². The van der Waals surface area contributed by atoms with Crippen LogP contribution in [0.1, 0.15) is 12.5 Å². The minimum atomic E-state index is 0.451. The van der Waals surface area contributed by atoms with Gasteiger partial charge < -0.3 is 15.2 Å². The zero-order valence-corrected chi connectivity index (χ0v) is 12.3. The van der Waals surface area contributed by atoms with Crippen molar-refractivity contribution >= 4 is 21.6 Å². The number of rotatable bonds is 5. The van der Waals surface area contributed by atoms with E-state index in [-0.39, 0.29) is 0 Å². The van der Waals surface area contributed by atoms with E-state index in [1.54, 1.807) is 0 Å². The van der Waals surface area contributed by atoms with Crippen molar-refractivity contribution < 1.29 is 9.47 Å². The highest BCUT2D eigenvalue weighted by Gasteiger charge is 2.02. The Morgan fingerprint density at radius 1 is 1.00 bits per heavy atom. The summed E-state index contributed by atoms with van der Waals surface area (Å²) in [5, 5.41) is 0. The molecule has 0 aromatic heterocycles. The molecule has 0 aliphatic rings. The number of ether oxygens (including phenoxy) is 2. The lowest BCUT2D eigenvalue weighted by molar-refractivity contribution is 0.304. The second-order valence-corrected chi connectivity index (χ2v) is 4.95. The highest BCUT2D eigenvalue weighted by molar-refractivity contribution is 9.10. The standard InChI is InChI=1S/C15H16BrNO2/c1-2-18-13-5-7-14(8-6-13)19-10-11-3-4-12(16)9-15(11)17/h3-9H,2,10,17H2,1H3. The molecule has 4 heteroatoms. The number of benzene rings is 2. The molecule has 2 aromatic rings. The Hall–Kier alpha value is -1.68. The fourth-order valence-electron chi connectivity index (χ4n) is 1.66. The molecule has 3 nitrogen and oxygen atoms in total. The van der Waals surface area contributed by atoms with Gasteiger partial charge in [0.1, 0.15) is 18.1 Å². The summed E-state index contributed by atoms with van der Waals surface area (Å²) in [6, 6.07) is 13.3. The van der Waals surface area contributed by atoms with Crippen molar-refractivity contribution in [3.05, 3.63) is 52.5 Å². The molecule has 2 N–H and O–H groups in total. The SMILES string of the molecule is CCOc1ccc(OCc2ccc(Br)cc2N)cc1. The lowest BCUT2D eigenvalue weighted by Gasteiger charge is -2.09. The predicted octanol–water partition coefficient (Wildman–Crippen LogP) is 4.01. The van der Waals surface area contributed by atoms with E-state index >= 15 is 0 Å².